The van der Waals surface area contributed by atoms with Crippen LogP contribution in [0.2, 0.25) is 0 Å². The normalized spacial score (nSPS) is 22.4. The standard InChI is InChI=1S/C14H18ClNO3/c15-7-9-2-1-3-10(9)8-16-14(19)12-6-11(17)4-5-13(12)18/h4-6,9-10,17-18H,1-3,7-8H2,(H,16,19). The van der Waals surface area contributed by atoms with E-state index in [4.69, 9.17) is 11.6 Å². The molecule has 2 unspecified atom stereocenters. The van der Waals surface area contributed by atoms with Gasteiger partial charge in [-0.25, -0.2) is 0 Å². The number of phenolic OH excluding ortho intramolecular Hbond substituents is 2. The molecule has 1 fully saturated rings. The Morgan fingerprint density at radius 3 is 2.79 bits per heavy atom. The molecule has 0 bridgehead atoms. The molecular formula is C14H18ClNO3. The van der Waals surface area contributed by atoms with E-state index in [0.29, 0.717) is 24.3 Å². The van der Waals surface area contributed by atoms with Gasteiger partial charge in [-0.3, -0.25) is 4.79 Å². The molecule has 1 amide bonds. The summed E-state index contributed by atoms with van der Waals surface area (Å²) in [5.41, 5.74) is 0.0976. The summed E-state index contributed by atoms with van der Waals surface area (Å²) in [7, 11) is 0. The smallest absolute Gasteiger partial charge is 0.255 e. The maximum atomic E-state index is 12.0. The molecule has 0 spiro atoms. The maximum absolute atomic E-state index is 12.0. The van der Waals surface area contributed by atoms with Crippen molar-refractivity contribution in [3.63, 3.8) is 0 Å². The van der Waals surface area contributed by atoms with Gasteiger partial charge in [0.1, 0.15) is 11.5 Å². The molecule has 1 aromatic carbocycles. The third kappa shape index (κ3) is 3.32. The highest BCUT2D eigenvalue weighted by molar-refractivity contribution is 6.18. The van der Waals surface area contributed by atoms with Gasteiger partial charge in [-0.2, -0.15) is 0 Å². The highest BCUT2D eigenvalue weighted by atomic mass is 35.5. The summed E-state index contributed by atoms with van der Waals surface area (Å²) in [6.45, 7) is 0.561. The third-order valence-electron chi connectivity index (χ3n) is 3.76. The lowest BCUT2D eigenvalue weighted by Gasteiger charge is -2.17. The SMILES string of the molecule is O=C(NCC1CCCC1CCl)c1cc(O)ccc1O. The van der Waals surface area contributed by atoms with Gasteiger partial charge < -0.3 is 15.5 Å². The molecule has 0 saturated heterocycles. The van der Waals surface area contributed by atoms with Gasteiger partial charge >= 0.3 is 0 Å². The molecule has 19 heavy (non-hydrogen) atoms. The van der Waals surface area contributed by atoms with E-state index in [-0.39, 0.29) is 23.0 Å². The summed E-state index contributed by atoms with van der Waals surface area (Å²) >= 11 is 5.90. The van der Waals surface area contributed by atoms with Crippen LogP contribution < -0.4 is 5.32 Å². The second-order valence-electron chi connectivity index (χ2n) is 5.02. The first-order valence-corrected chi connectivity index (χ1v) is 7.01. The fourth-order valence-corrected chi connectivity index (χ4v) is 3.02. The fourth-order valence-electron chi connectivity index (χ4n) is 2.61. The largest absolute Gasteiger partial charge is 0.508 e. The number of carbonyl (C=O) groups is 1. The number of halogens is 1. The van der Waals surface area contributed by atoms with Gasteiger partial charge in [0.25, 0.3) is 5.91 Å². The lowest BCUT2D eigenvalue weighted by atomic mass is 9.98. The van der Waals surface area contributed by atoms with Crippen molar-refractivity contribution < 1.29 is 15.0 Å². The molecule has 2 rings (SSSR count). The molecule has 1 saturated carbocycles. The minimum Gasteiger partial charge on any atom is -0.508 e. The number of alkyl halides is 1. The molecule has 1 aliphatic rings. The van der Waals surface area contributed by atoms with Gasteiger partial charge in [-0.15, -0.1) is 11.6 Å². The fraction of sp³-hybridized carbons (Fsp3) is 0.500. The van der Waals surface area contributed by atoms with Crippen LogP contribution >= 0.6 is 11.6 Å². The molecule has 0 radical (unpaired) electrons. The number of carbonyl (C=O) groups excluding carboxylic acids is 1. The Bertz CT molecular complexity index is 464. The van der Waals surface area contributed by atoms with Crippen molar-refractivity contribution in [3.05, 3.63) is 23.8 Å². The van der Waals surface area contributed by atoms with Gasteiger partial charge in [-0.1, -0.05) is 6.42 Å². The molecule has 3 N–H and O–H groups in total. The lowest BCUT2D eigenvalue weighted by molar-refractivity contribution is 0.0941. The number of amides is 1. The van der Waals surface area contributed by atoms with E-state index in [0.717, 1.165) is 19.3 Å². The highest BCUT2D eigenvalue weighted by Gasteiger charge is 2.27. The van der Waals surface area contributed by atoms with E-state index >= 15 is 0 Å². The summed E-state index contributed by atoms with van der Waals surface area (Å²) in [5.74, 6) is 0.949. The zero-order valence-corrected chi connectivity index (χ0v) is 11.4. The van der Waals surface area contributed by atoms with Crippen LogP contribution in [-0.4, -0.2) is 28.5 Å². The Morgan fingerprint density at radius 1 is 1.32 bits per heavy atom. The topological polar surface area (TPSA) is 69.6 Å². The Kier molecular flexibility index (Phi) is 4.53. The minimum atomic E-state index is -0.367. The number of phenols is 2. The van der Waals surface area contributed by atoms with Crippen molar-refractivity contribution >= 4 is 17.5 Å². The molecule has 0 heterocycles. The molecule has 5 heteroatoms. The van der Waals surface area contributed by atoms with Crippen LogP contribution in [0.1, 0.15) is 29.6 Å². The zero-order valence-electron chi connectivity index (χ0n) is 10.6. The van der Waals surface area contributed by atoms with E-state index < -0.39 is 0 Å². The molecular weight excluding hydrogens is 266 g/mol. The van der Waals surface area contributed by atoms with Crippen molar-refractivity contribution in [2.75, 3.05) is 12.4 Å². The predicted octanol–water partition coefficient (Wildman–Crippen LogP) is 2.48. The lowest BCUT2D eigenvalue weighted by Crippen LogP contribution is -2.31. The average molecular weight is 284 g/mol. The van der Waals surface area contributed by atoms with Gasteiger partial charge in [0.15, 0.2) is 0 Å². The second kappa shape index (κ2) is 6.15. The molecule has 1 aromatic rings. The first-order chi connectivity index (χ1) is 9.11. The molecule has 0 aromatic heterocycles. The Balaban J connectivity index is 1.96. The van der Waals surface area contributed by atoms with Crippen LogP contribution in [0, 0.1) is 11.8 Å². The summed E-state index contributed by atoms with van der Waals surface area (Å²) in [6.07, 6.45) is 3.33. The van der Waals surface area contributed by atoms with Crippen LogP contribution in [0.3, 0.4) is 0 Å². The van der Waals surface area contributed by atoms with Crippen LogP contribution in [-0.2, 0) is 0 Å². The zero-order chi connectivity index (χ0) is 13.8. The number of nitrogens with one attached hydrogen (secondary N) is 1. The van der Waals surface area contributed by atoms with E-state index in [1.54, 1.807) is 0 Å². The van der Waals surface area contributed by atoms with E-state index in [1.165, 1.54) is 18.2 Å². The summed E-state index contributed by atoms with van der Waals surface area (Å²) in [5, 5.41) is 21.7. The Morgan fingerprint density at radius 2 is 2.05 bits per heavy atom. The van der Waals surface area contributed by atoms with E-state index in [9.17, 15) is 15.0 Å². The van der Waals surface area contributed by atoms with E-state index in [1.807, 2.05) is 0 Å². The molecule has 4 nitrogen and oxygen atoms in total. The van der Waals surface area contributed by atoms with Gasteiger partial charge in [0.2, 0.25) is 0 Å². The predicted molar refractivity (Wildman–Crippen MR) is 73.7 cm³/mol. The van der Waals surface area contributed by atoms with Crippen LogP contribution in [0.4, 0.5) is 0 Å². The van der Waals surface area contributed by atoms with Crippen molar-refractivity contribution in [1.29, 1.82) is 0 Å². The van der Waals surface area contributed by atoms with Gasteiger partial charge in [0, 0.05) is 12.4 Å². The number of aromatic hydroxyl groups is 2. The summed E-state index contributed by atoms with van der Waals surface area (Å²) < 4.78 is 0. The molecule has 104 valence electrons. The molecule has 1 aliphatic carbocycles. The highest BCUT2D eigenvalue weighted by Crippen LogP contribution is 2.32. The summed E-state index contributed by atoms with van der Waals surface area (Å²) in [6, 6.07) is 3.91. The number of benzene rings is 1. The van der Waals surface area contributed by atoms with E-state index in [2.05, 4.69) is 5.32 Å². The molecule has 2 atom stereocenters. The Labute approximate surface area is 117 Å². The van der Waals surface area contributed by atoms with Crippen LogP contribution in [0.15, 0.2) is 18.2 Å². The van der Waals surface area contributed by atoms with Gasteiger partial charge in [0.05, 0.1) is 5.56 Å². The summed E-state index contributed by atoms with van der Waals surface area (Å²) in [4.78, 5) is 12.0. The number of hydrogen-bond acceptors (Lipinski definition) is 3. The Hall–Kier alpha value is -1.42. The number of hydrogen-bond donors (Lipinski definition) is 3. The van der Waals surface area contributed by atoms with Crippen LogP contribution in [0.25, 0.3) is 0 Å². The van der Waals surface area contributed by atoms with Crippen molar-refractivity contribution in [3.8, 4) is 11.5 Å². The first kappa shape index (κ1) is 14.0. The molecule has 0 aliphatic heterocycles. The van der Waals surface area contributed by atoms with Crippen molar-refractivity contribution in [2.45, 2.75) is 19.3 Å². The quantitative estimate of drug-likeness (QED) is 0.587. The van der Waals surface area contributed by atoms with Gasteiger partial charge in [-0.05, 0) is 42.9 Å². The third-order valence-corrected chi connectivity index (χ3v) is 4.16. The first-order valence-electron chi connectivity index (χ1n) is 6.48. The maximum Gasteiger partial charge on any atom is 0.255 e. The monoisotopic (exact) mass is 283 g/mol. The second-order valence-corrected chi connectivity index (χ2v) is 5.33. The van der Waals surface area contributed by atoms with Crippen LogP contribution in [0.5, 0.6) is 11.5 Å². The van der Waals surface area contributed by atoms with Crippen molar-refractivity contribution in [1.82, 2.24) is 5.32 Å². The van der Waals surface area contributed by atoms with Crippen molar-refractivity contribution in [2.24, 2.45) is 11.8 Å². The number of rotatable bonds is 4. The minimum absolute atomic E-state index is 0.0394. The average Bonchev–Trinajstić information content (AvgIpc) is 2.86.